The van der Waals surface area contributed by atoms with Crippen molar-refractivity contribution < 1.29 is 42.5 Å². The topological polar surface area (TPSA) is 193 Å². The molecule has 0 saturated heterocycles. The van der Waals surface area contributed by atoms with Gasteiger partial charge in [-0.3, -0.25) is 24.3 Å². The van der Waals surface area contributed by atoms with E-state index in [1.165, 1.54) is 26.4 Å². The zero-order valence-electron chi connectivity index (χ0n) is 54.0. The third kappa shape index (κ3) is 32.8. The molecule has 8 rings (SSSR count). The Bertz CT molecular complexity index is 2960. The Morgan fingerprint density at radius 1 is 0.633 bits per heavy atom. The number of likely N-dealkylation sites (N-methyl/N-ethyl adjacent to an activating group) is 1. The normalized spacial score (nSPS) is 13.9. The molecule has 0 spiro atoms. The van der Waals surface area contributed by atoms with Gasteiger partial charge >= 0.3 is 0 Å². The van der Waals surface area contributed by atoms with E-state index in [9.17, 15) is 14.4 Å². The Kier molecular flexibility index (Phi) is 40.4. The molecular formula is C71H94N7O9PSSi. The molecule has 0 aromatic heterocycles. The molecule has 482 valence electrons. The lowest BCUT2D eigenvalue weighted by Gasteiger charge is -2.33. The smallest absolute Gasteiger partial charge is 0.242 e. The summed E-state index contributed by atoms with van der Waals surface area (Å²) < 4.78 is 30.2. The van der Waals surface area contributed by atoms with Crippen molar-refractivity contribution in [2.45, 2.75) is 58.4 Å². The largest absolute Gasteiger partial charge is 0.545 e. The molecular weight excluding hydrogens is 1190 g/mol. The van der Waals surface area contributed by atoms with Crippen LogP contribution >= 0.6 is 8.02 Å². The van der Waals surface area contributed by atoms with Crippen LogP contribution < -0.4 is 40.8 Å². The minimum absolute atomic E-state index is 0.00171. The van der Waals surface area contributed by atoms with Gasteiger partial charge in [-0.05, 0) is 155 Å². The van der Waals surface area contributed by atoms with Crippen LogP contribution in [0.2, 0.25) is 19.6 Å². The number of anilines is 2. The van der Waals surface area contributed by atoms with Crippen LogP contribution in [0.25, 0.3) is 0 Å². The zero-order chi connectivity index (χ0) is 66.4. The van der Waals surface area contributed by atoms with Crippen molar-refractivity contribution in [3.8, 4) is 17.2 Å². The van der Waals surface area contributed by atoms with E-state index in [4.69, 9.17) is 34.8 Å². The van der Waals surface area contributed by atoms with Crippen molar-refractivity contribution in [3.05, 3.63) is 242 Å². The van der Waals surface area contributed by atoms with Gasteiger partial charge in [-0.25, -0.2) is 0 Å². The molecule has 0 saturated carbocycles. The molecule has 6 aromatic rings. The number of rotatable bonds is 23. The maximum absolute atomic E-state index is 11.8. The van der Waals surface area contributed by atoms with Crippen LogP contribution in [-0.2, 0) is 40.1 Å². The lowest BCUT2D eigenvalue weighted by atomic mass is 9.96. The lowest BCUT2D eigenvalue weighted by Crippen LogP contribution is -2.38. The second kappa shape index (κ2) is 46.7. The Labute approximate surface area is 544 Å². The van der Waals surface area contributed by atoms with Crippen molar-refractivity contribution in [2.75, 3.05) is 91.2 Å². The molecule has 0 amide bonds. The summed E-state index contributed by atoms with van der Waals surface area (Å²) >= 11 is 3.89. The lowest BCUT2D eigenvalue weighted by molar-refractivity contribution is -0.116. The highest BCUT2D eigenvalue weighted by molar-refractivity contribution is 7.88. The number of nitrogens with two attached hydrogens (primary N) is 2. The van der Waals surface area contributed by atoms with Gasteiger partial charge in [0.15, 0.2) is 17.3 Å². The molecule has 0 bridgehead atoms. The van der Waals surface area contributed by atoms with Crippen LogP contribution in [0.1, 0.15) is 55.5 Å². The van der Waals surface area contributed by atoms with Crippen LogP contribution in [0.5, 0.6) is 17.2 Å². The highest BCUT2D eigenvalue weighted by atomic mass is 32.4. The zero-order valence-corrected chi connectivity index (χ0v) is 56.9. The standard InChI is InChI=1S/2C18H17NO2.C14H13NO.C8H22N4.C8H16O2Si.C5H8O2.HPS/c2*1-21-17-9-7-14(8-10-17)18-13-16(20)11-12-19(18)15-5-3-2-4-6-15;1-16-14-9-7-12(8-10-14)11-15-13-5-3-2-4-6-13;1-2-11-5-8-12(6-3-9)7-4-10;1-8(6-7-9-2)10-11(3,4)5;1-5(6)3-4-7-2;1-2/h2*2-12,18H,13H2,1H3;2-11H,1H3;11H,2-10H2,1H3;6-7H,1H2,2-5H3;3-4H,1-2H3;1H/b;;;;7-6+;4-3+;. The molecule has 19 heteroatoms. The van der Waals surface area contributed by atoms with Gasteiger partial charge in [0, 0.05) is 94.3 Å². The van der Waals surface area contributed by atoms with E-state index in [-0.39, 0.29) is 29.4 Å². The summed E-state index contributed by atoms with van der Waals surface area (Å²) in [6.07, 6.45) is 15.8. The maximum Gasteiger partial charge on any atom is 0.242 e. The summed E-state index contributed by atoms with van der Waals surface area (Å²) in [5.41, 5.74) is 17.3. The summed E-state index contributed by atoms with van der Waals surface area (Å²) in [6, 6.07) is 53.7. The van der Waals surface area contributed by atoms with Gasteiger partial charge in [0.05, 0.1) is 71.6 Å². The van der Waals surface area contributed by atoms with Crippen molar-refractivity contribution in [3.63, 3.8) is 0 Å². The van der Waals surface area contributed by atoms with E-state index in [0.717, 1.165) is 83.7 Å². The van der Waals surface area contributed by atoms with Gasteiger partial charge in [-0.2, -0.15) is 0 Å². The monoisotopic (exact) mass is 1280 g/mol. The number of allylic oxidation sites excluding steroid dienone is 4. The number of para-hydroxylation sites is 3. The predicted molar refractivity (Wildman–Crippen MR) is 379 cm³/mol. The number of aliphatic imine (C=N–C) groups is 1. The Hall–Kier alpha value is -8.32. The first-order chi connectivity index (χ1) is 43.5. The molecule has 0 fully saturated rings. The van der Waals surface area contributed by atoms with Crippen molar-refractivity contribution in [2.24, 2.45) is 16.5 Å². The summed E-state index contributed by atoms with van der Waals surface area (Å²) in [6.45, 7) is 20.0. The van der Waals surface area contributed by atoms with E-state index in [2.05, 4.69) is 107 Å². The van der Waals surface area contributed by atoms with E-state index < -0.39 is 8.32 Å². The molecule has 5 N–H and O–H groups in total. The summed E-state index contributed by atoms with van der Waals surface area (Å²) in [4.78, 5) is 44.6. The number of ether oxygens (including phenoxy) is 5. The van der Waals surface area contributed by atoms with Crippen LogP contribution in [0.3, 0.4) is 0 Å². The number of benzene rings is 6. The Balaban J connectivity index is 0.000000378. The van der Waals surface area contributed by atoms with Crippen LogP contribution in [0.15, 0.2) is 230 Å². The molecule has 2 unspecified atom stereocenters. The fourth-order valence-corrected chi connectivity index (χ4v) is 9.25. The third-order valence-electron chi connectivity index (χ3n) is 12.7. The molecule has 2 atom stereocenters. The average molecular weight is 1280 g/mol. The summed E-state index contributed by atoms with van der Waals surface area (Å²) in [7, 11) is 9.14. The number of nitrogens with zero attached hydrogens (tertiary/aromatic N) is 4. The number of hydrogen-bond acceptors (Lipinski definition) is 17. The molecule has 90 heavy (non-hydrogen) atoms. The number of hydrogen-bond donors (Lipinski definition) is 3. The van der Waals surface area contributed by atoms with E-state index >= 15 is 0 Å². The highest BCUT2D eigenvalue weighted by Gasteiger charge is 2.26. The fraction of sp³-hybridized carbons (Fsp3) is 0.296. The van der Waals surface area contributed by atoms with Gasteiger partial charge in [-0.15, -0.1) is 0 Å². The first kappa shape index (κ1) is 77.8. The quantitative estimate of drug-likeness (QED) is 0.0104. The number of nitrogens with one attached hydrogen (secondary N) is 1. The fourth-order valence-electron chi connectivity index (χ4n) is 8.39. The third-order valence-corrected chi connectivity index (χ3v) is 13.5. The van der Waals surface area contributed by atoms with Gasteiger partial charge in [-0.1, -0.05) is 104 Å². The number of carbonyl (C=O) groups is 3. The van der Waals surface area contributed by atoms with Crippen molar-refractivity contribution in [1.82, 2.24) is 10.2 Å². The number of ketones is 3. The predicted octanol–water partition coefficient (Wildman–Crippen LogP) is 13.6. The highest BCUT2D eigenvalue weighted by Crippen LogP contribution is 2.35. The van der Waals surface area contributed by atoms with Crippen LogP contribution in [0, 0.1) is 0 Å². The van der Waals surface area contributed by atoms with Crippen LogP contribution in [-0.4, -0.2) is 118 Å². The van der Waals surface area contributed by atoms with E-state index in [1.54, 1.807) is 52.9 Å². The minimum Gasteiger partial charge on any atom is -0.545 e. The molecule has 6 aromatic carbocycles. The molecule has 0 radical (unpaired) electrons. The Morgan fingerprint density at radius 3 is 1.39 bits per heavy atom. The average Bonchev–Trinajstić information content (AvgIpc) is 1.32. The van der Waals surface area contributed by atoms with E-state index in [1.807, 2.05) is 158 Å². The van der Waals surface area contributed by atoms with Gasteiger partial charge in [0.25, 0.3) is 0 Å². The summed E-state index contributed by atoms with van der Waals surface area (Å²) in [5, 5.41) is 3.27. The minimum atomic E-state index is -1.48. The van der Waals surface area contributed by atoms with Crippen molar-refractivity contribution in [1.29, 1.82) is 0 Å². The first-order valence-corrected chi connectivity index (χ1v) is 34.5. The van der Waals surface area contributed by atoms with Gasteiger partial charge in [0.1, 0.15) is 17.2 Å². The number of methoxy groups -OCH3 is 5. The maximum atomic E-state index is 11.8. The summed E-state index contributed by atoms with van der Waals surface area (Å²) in [5.74, 6) is 3.49. The molecule has 2 heterocycles. The first-order valence-electron chi connectivity index (χ1n) is 29.4. The molecule has 0 aliphatic carbocycles. The van der Waals surface area contributed by atoms with Crippen molar-refractivity contribution >= 4 is 68.8 Å². The molecule has 16 nitrogen and oxygen atoms in total. The SMILES string of the molecule is C=C(/C=C/OC)O[Si](C)(C)C.CCNCCN(CCN)CCN.CO/C=C/C(C)=O.COc1ccc(C2CC(=O)C=CN2c2ccccc2)cc1.COc1ccc(C2CC(=O)C=CN2c2ccccc2)cc1.COc1ccc(C=Nc2ccccc2)cc1.P=S. The van der Waals surface area contributed by atoms with E-state index in [0.29, 0.717) is 31.7 Å². The second-order valence-corrected chi connectivity index (χ2v) is 25.0. The van der Waals surface area contributed by atoms with Crippen LogP contribution in [0.4, 0.5) is 17.1 Å². The van der Waals surface area contributed by atoms with Gasteiger partial charge in [0.2, 0.25) is 8.32 Å². The molecule has 2 aliphatic heterocycles. The molecule has 2 aliphatic rings. The Morgan fingerprint density at radius 2 is 1.03 bits per heavy atom. The second-order valence-electron chi connectivity index (χ2n) is 20.5. The van der Waals surface area contributed by atoms with Gasteiger partial charge < -0.3 is 54.7 Å². The number of carbonyl (C=O) groups excluding carboxylic acids is 3.